The molecule has 0 aliphatic carbocycles. The fourth-order valence-electron chi connectivity index (χ4n) is 4.12. The van der Waals surface area contributed by atoms with Crippen LogP contribution in [0.25, 0.3) is 0 Å². The maximum atomic E-state index is 12.9. The van der Waals surface area contributed by atoms with Gasteiger partial charge in [0, 0.05) is 23.8 Å². The lowest BCUT2D eigenvalue weighted by molar-refractivity contribution is -0.192. The number of halogens is 6. The van der Waals surface area contributed by atoms with Crippen molar-refractivity contribution in [2.45, 2.75) is 68.7 Å². The number of carboxylic acids is 1. The normalized spacial score (nSPS) is 16.6. The zero-order valence-corrected chi connectivity index (χ0v) is 23.6. The number of amides is 1. The predicted molar refractivity (Wildman–Crippen MR) is 143 cm³/mol. The highest BCUT2D eigenvalue weighted by atomic mass is 32.2. The number of carbonyl (C=O) groups excluding carboxylic acids is 1. The largest absolute Gasteiger partial charge is 0.490 e. The van der Waals surface area contributed by atoms with E-state index < -0.39 is 39.8 Å². The van der Waals surface area contributed by atoms with Crippen molar-refractivity contribution in [3.8, 4) is 0 Å². The van der Waals surface area contributed by atoms with Crippen LogP contribution in [0.4, 0.5) is 32.0 Å². The number of nitrogens with zero attached hydrogens (tertiary/aromatic N) is 1. The first kappa shape index (κ1) is 35.0. The highest BCUT2D eigenvalue weighted by molar-refractivity contribution is 7.89. The minimum Gasteiger partial charge on any atom is -0.475 e. The average molecular weight is 626 g/mol. The molecule has 1 fully saturated rings. The van der Waals surface area contributed by atoms with Crippen molar-refractivity contribution in [1.82, 2.24) is 9.62 Å². The van der Waals surface area contributed by atoms with Gasteiger partial charge in [0.25, 0.3) is 5.91 Å². The maximum Gasteiger partial charge on any atom is 0.490 e. The number of unbranched alkanes of at least 4 members (excludes halogenated alkanes) is 2. The number of aliphatic carboxylic acids is 1. The van der Waals surface area contributed by atoms with Gasteiger partial charge < -0.3 is 15.3 Å². The summed E-state index contributed by atoms with van der Waals surface area (Å²) in [6.07, 6.45) is -3.35. The smallest absolute Gasteiger partial charge is 0.475 e. The van der Waals surface area contributed by atoms with Gasteiger partial charge in [-0.3, -0.25) is 4.79 Å². The highest BCUT2D eigenvalue weighted by Crippen LogP contribution is 2.30. The third-order valence-electron chi connectivity index (χ3n) is 6.29. The second kappa shape index (κ2) is 15.3. The van der Waals surface area contributed by atoms with Crippen molar-refractivity contribution in [2.24, 2.45) is 0 Å². The molecule has 1 amide bonds. The number of hydrogen-bond acceptors (Lipinski definition) is 5. The van der Waals surface area contributed by atoms with Crippen molar-refractivity contribution in [1.29, 1.82) is 0 Å². The first-order valence-corrected chi connectivity index (χ1v) is 14.6. The number of anilines is 1. The van der Waals surface area contributed by atoms with Crippen LogP contribution < -0.4 is 10.0 Å². The fraction of sp³-hybridized carbons (Fsp3) is 0.481. The molecule has 0 spiro atoms. The molecule has 3 N–H and O–H groups in total. The first-order valence-electron chi connectivity index (χ1n) is 13.2. The molecule has 0 radical (unpaired) electrons. The first-order chi connectivity index (χ1) is 19.5. The monoisotopic (exact) mass is 625 g/mol. The average Bonchev–Trinajstić information content (AvgIpc) is 3.13. The van der Waals surface area contributed by atoms with Crippen molar-refractivity contribution in [2.75, 3.05) is 25.0 Å². The van der Waals surface area contributed by atoms with Gasteiger partial charge in [-0.05, 0) is 80.9 Å². The summed E-state index contributed by atoms with van der Waals surface area (Å²) in [4.78, 5) is 23.7. The number of carboxylic acid groups (broad SMARTS) is 1. The topological polar surface area (TPSA) is 116 Å². The highest BCUT2D eigenvalue weighted by Gasteiger charge is 2.38. The molecule has 1 atom stereocenters. The molecule has 234 valence electrons. The van der Waals surface area contributed by atoms with Crippen LogP contribution in [0, 0.1) is 0 Å². The van der Waals surface area contributed by atoms with Crippen molar-refractivity contribution in [3.63, 3.8) is 0 Å². The van der Waals surface area contributed by atoms with E-state index in [1.165, 1.54) is 36.4 Å². The zero-order chi connectivity index (χ0) is 31.6. The Bertz CT molecular complexity index is 1270. The van der Waals surface area contributed by atoms with Crippen LogP contribution in [0.1, 0.15) is 61.4 Å². The summed E-state index contributed by atoms with van der Waals surface area (Å²) in [5.74, 6) is -3.30. The van der Waals surface area contributed by atoms with Gasteiger partial charge in [-0.2, -0.15) is 26.3 Å². The Morgan fingerprint density at radius 2 is 1.55 bits per heavy atom. The van der Waals surface area contributed by atoms with E-state index in [-0.39, 0.29) is 22.2 Å². The van der Waals surface area contributed by atoms with E-state index in [0.717, 1.165) is 63.7 Å². The number of likely N-dealkylation sites (tertiary alicyclic amines) is 1. The molecule has 42 heavy (non-hydrogen) atoms. The summed E-state index contributed by atoms with van der Waals surface area (Å²) in [6.45, 7) is 4.78. The van der Waals surface area contributed by atoms with Crippen LogP contribution in [-0.4, -0.2) is 62.2 Å². The van der Waals surface area contributed by atoms with Gasteiger partial charge in [-0.1, -0.05) is 26.2 Å². The van der Waals surface area contributed by atoms with Gasteiger partial charge in [0.15, 0.2) is 0 Å². The Kier molecular flexibility index (Phi) is 12.8. The van der Waals surface area contributed by atoms with Crippen LogP contribution >= 0.6 is 0 Å². The summed E-state index contributed by atoms with van der Waals surface area (Å²) in [7, 11) is -3.76. The van der Waals surface area contributed by atoms with Crippen molar-refractivity contribution < 1.29 is 49.5 Å². The van der Waals surface area contributed by atoms with Crippen LogP contribution in [0.2, 0.25) is 0 Å². The molecule has 3 rings (SSSR count). The van der Waals surface area contributed by atoms with E-state index in [1.807, 2.05) is 0 Å². The molecule has 15 heteroatoms. The minimum absolute atomic E-state index is 0.0605. The molecule has 1 unspecified atom stereocenters. The minimum atomic E-state index is -5.08. The van der Waals surface area contributed by atoms with Crippen molar-refractivity contribution >= 4 is 27.6 Å². The summed E-state index contributed by atoms with van der Waals surface area (Å²) < 4.78 is 98.5. The number of alkyl halides is 6. The number of sulfonamides is 1. The molecule has 0 saturated carbocycles. The summed E-state index contributed by atoms with van der Waals surface area (Å²) in [6, 6.07) is 9.43. The molecule has 1 heterocycles. The molecule has 2 aromatic rings. The standard InChI is InChI=1S/C25H32F3N3O3S.C2HF3O2/c1-2-3-5-16-31-17-6-4-7-22(18-31)30-35(33,34)23-14-8-19(9-15-23)24(32)29-21-12-10-20(11-13-21)25(26,27)28;3-2(4,5)1(6)7/h8-15,22,30H,2-7,16-18H2,1H3,(H,29,32);(H,6,7). The van der Waals surface area contributed by atoms with E-state index in [9.17, 15) is 39.6 Å². The molecular formula is C27H33F6N3O5S. The van der Waals surface area contributed by atoms with E-state index in [1.54, 1.807) is 0 Å². The van der Waals surface area contributed by atoms with Crippen LogP contribution in [0.3, 0.4) is 0 Å². The third-order valence-corrected chi connectivity index (χ3v) is 7.83. The molecule has 1 saturated heterocycles. The van der Waals surface area contributed by atoms with Crippen molar-refractivity contribution in [3.05, 3.63) is 59.7 Å². The van der Waals surface area contributed by atoms with Gasteiger partial charge in [0.2, 0.25) is 10.0 Å². The number of carbonyl (C=O) groups is 2. The summed E-state index contributed by atoms with van der Waals surface area (Å²) in [5, 5.41) is 9.64. The van der Waals surface area contributed by atoms with E-state index >= 15 is 0 Å². The summed E-state index contributed by atoms with van der Waals surface area (Å²) in [5.41, 5.74) is -0.408. The van der Waals surface area contributed by atoms with Crippen LogP contribution in [0.15, 0.2) is 53.4 Å². The Hall–Kier alpha value is -3.17. The second-order valence-electron chi connectivity index (χ2n) is 9.68. The molecule has 8 nitrogen and oxygen atoms in total. The second-order valence-corrected chi connectivity index (χ2v) is 11.4. The van der Waals surface area contributed by atoms with E-state index in [2.05, 4.69) is 21.9 Å². The molecular weight excluding hydrogens is 592 g/mol. The Morgan fingerprint density at radius 1 is 0.952 bits per heavy atom. The molecule has 2 aromatic carbocycles. The number of benzene rings is 2. The SMILES string of the molecule is CCCCCN1CCCCC(NS(=O)(=O)c2ccc(C(=O)Nc3ccc(C(F)(F)F)cc3)cc2)C1.O=C(O)C(F)(F)F. The number of hydrogen-bond donors (Lipinski definition) is 3. The van der Waals surface area contributed by atoms with Gasteiger partial charge >= 0.3 is 18.3 Å². The lowest BCUT2D eigenvalue weighted by atomic mass is 10.1. The van der Waals surface area contributed by atoms with Crippen LogP contribution in [0.5, 0.6) is 0 Å². The van der Waals surface area contributed by atoms with E-state index in [4.69, 9.17) is 9.90 Å². The molecule has 0 aromatic heterocycles. The Morgan fingerprint density at radius 3 is 2.07 bits per heavy atom. The lowest BCUT2D eigenvalue weighted by Gasteiger charge is -2.24. The van der Waals surface area contributed by atoms with Gasteiger partial charge in [-0.25, -0.2) is 17.9 Å². The lowest BCUT2D eigenvalue weighted by Crippen LogP contribution is -2.42. The predicted octanol–water partition coefficient (Wildman–Crippen LogP) is 5.91. The molecule has 1 aliphatic heterocycles. The Labute approximate surface area is 240 Å². The Balaban J connectivity index is 0.000000782. The fourth-order valence-corrected chi connectivity index (χ4v) is 5.39. The number of nitrogens with one attached hydrogen (secondary N) is 2. The maximum absolute atomic E-state index is 12.9. The molecule has 0 bridgehead atoms. The van der Waals surface area contributed by atoms with Gasteiger partial charge in [0.1, 0.15) is 0 Å². The van der Waals surface area contributed by atoms with Gasteiger partial charge in [-0.15, -0.1) is 0 Å². The van der Waals surface area contributed by atoms with Gasteiger partial charge in [0.05, 0.1) is 10.5 Å². The summed E-state index contributed by atoms with van der Waals surface area (Å²) >= 11 is 0. The van der Waals surface area contributed by atoms with Crippen LogP contribution in [-0.2, 0) is 21.0 Å². The third kappa shape index (κ3) is 11.6. The number of rotatable bonds is 9. The quantitative estimate of drug-likeness (QED) is 0.236. The molecule has 1 aliphatic rings. The van der Waals surface area contributed by atoms with E-state index in [0.29, 0.717) is 6.54 Å². The zero-order valence-electron chi connectivity index (χ0n) is 22.8.